The van der Waals surface area contributed by atoms with Crippen LogP contribution in [0.2, 0.25) is 0 Å². The van der Waals surface area contributed by atoms with E-state index in [0.29, 0.717) is 5.92 Å². The molecule has 82 valence electrons. The summed E-state index contributed by atoms with van der Waals surface area (Å²) >= 11 is 0. The van der Waals surface area contributed by atoms with Gasteiger partial charge in [0.25, 0.3) is 0 Å². The number of aromatic nitrogens is 3. The molecule has 1 fully saturated rings. The molecule has 1 aromatic rings. The molecule has 1 aromatic heterocycles. The number of hydrogen-bond acceptors (Lipinski definition) is 4. The highest BCUT2D eigenvalue weighted by Gasteiger charge is 2.24. The molecule has 2 N–H and O–H groups in total. The van der Waals surface area contributed by atoms with Gasteiger partial charge in [0.1, 0.15) is 0 Å². The zero-order chi connectivity index (χ0) is 10.8. The normalized spacial score (nSPS) is 26.5. The number of rotatable bonds is 2. The van der Waals surface area contributed by atoms with Crippen molar-refractivity contribution in [1.29, 1.82) is 0 Å². The first kappa shape index (κ1) is 10.1. The molecule has 2 atom stereocenters. The molecule has 0 unspecified atom stereocenters. The molecule has 1 aliphatic heterocycles. The van der Waals surface area contributed by atoms with Crippen LogP contribution in [0.25, 0.3) is 0 Å². The van der Waals surface area contributed by atoms with Crippen LogP contribution in [0, 0.1) is 5.92 Å². The van der Waals surface area contributed by atoms with E-state index < -0.39 is 5.97 Å². The summed E-state index contributed by atoms with van der Waals surface area (Å²) in [5.41, 5.74) is 0.00720. The second-order valence-corrected chi connectivity index (χ2v) is 3.93. The molecule has 6 nitrogen and oxygen atoms in total. The Kier molecular flexibility index (Phi) is 2.68. The lowest BCUT2D eigenvalue weighted by Gasteiger charge is -2.29. The van der Waals surface area contributed by atoms with Crippen LogP contribution < -0.4 is 5.32 Å². The molecule has 0 amide bonds. The third-order valence-electron chi connectivity index (χ3n) is 2.86. The van der Waals surface area contributed by atoms with E-state index in [4.69, 9.17) is 5.11 Å². The molecule has 2 heterocycles. The molecular weight excluding hydrogens is 196 g/mol. The van der Waals surface area contributed by atoms with E-state index >= 15 is 0 Å². The molecule has 1 aliphatic rings. The van der Waals surface area contributed by atoms with Crippen molar-refractivity contribution in [2.24, 2.45) is 5.92 Å². The first-order valence-corrected chi connectivity index (χ1v) is 5.04. The van der Waals surface area contributed by atoms with Gasteiger partial charge in [-0.1, -0.05) is 12.1 Å². The Labute approximate surface area is 87.3 Å². The third kappa shape index (κ3) is 1.99. The molecule has 0 radical (unpaired) electrons. The Hall–Kier alpha value is -1.43. The summed E-state index contributed by atoms with van der Waals surface area (Å²) in [6.07, 6.45) is 2.57. The molecule has 6 heteroatoms. The van der Waals surface area contributed by atoms with Crippen molar-refractivity contribution >= 4 is 5.97 Å². The van der Waals surface area contributed by atoms with Gasteiger partial charge in [-0.3, -0.25) is 0 Å². The fourth-order valence-electron chi connectivity index (χ4n) is 1.86. The zero-order valence-corrected chi connectivity index (χ0v) is 8.55. The Bertz CT molecular complexity index is 363. The van der Waals surface area contributed by atoms with Gasteiger partial charge in [-0.15, -0.1) is 5.10 Å². The van der Waals surface area contributed by atoms with E-state index in [9.17, 15) is 4.79 Å². The van der Waals surface area contributed by atoms with Crippen molar-refractivity contribution in [3.05, 3.63) is 11.9 Å². The maximum atomic E-state index is 10.6. The van der Waals surface area contributed by atoms with Crippen molar-refractivity contribution in [1.82, 2.24) is 20.3 Å². The quantitative estimate of drug-likeness (QED) is 0.726. The Morgan fingerprint density at radius 2 is 2.53 bits per heavy atom. The lowest BCUT2D eigenvalue weighted by atomic mass is 9.95. The summed E-state index contributed by atoms with van der Waals surface area (Å²) in [6.45, 7) is 3.98. The number of carboxylic acid groups (broad SMARTS) is 1. The van der Waals surface area contributed by atoms with Crippen LogP contribution in [0.3, 0.4) is 0 Å². The van der Waals surface area contributed by atoms with Crippen LogP contribution in [0.4, 0.5) is 0 Å². The molecule has 15 heavy (non-hydrogen) atoms. The predicted octanol–water partition coefficient (Wildman–Crippen LogP) is 0.147. The number of nitrogens with zero attached hydrogens (tertiary/aromatic N) is 3. The van der Waals surface area contributed by atoms with Crippen LogP contribution >= 0.6 is 0 Å². The monoisotopic (exact) mass is 210 g/mol. The first-order chi connectivity index (χ1) is 7.18. The van der Waals surface area contributed by atoms with E-state index in [1.165, 1.54) is 6.20 Å². The number of piperidine rings is 1. The first-order valence-electron chi connectivity index (χ1n) is 5.04. The summed E-state index contributed by atoms with van der Waals surface area (Å²) in [7, 11) is 0. The molecule has 0 spiro atoms. The number of aromatic carboxylic acids is 1. The van der Waals surface area contributed by atoms with Crippen LogP contribution in [-0.4, -0.2) is 39.2 Å². The summed E-state index contributed by atoms with van der Waals surface area (Å²) in [5.74, 6) is -0.535. The van der Waals surface area contributed by atoms with Crippen LogP contribution in [0.1, 0.15) is 29.9 Å². The number of carbonyl (C=O) groups is 1. The van der Waals surface area contributed by atoms with Crippen molar-refractivity contribution in [2.75, 3.05) is 13.1 Å². The molecule has 2 rings (SSSR count). The van der Waals surface area contributed by atoms with Gasteiger partial charge in [-0.2, -0.15) is 0 Å². The van der Waals surface area contributed by atoms with E-state index in [-0.39, 0.29) is 11.7 Å². The van der Waals surface area contributed by atoms with Crippen molar-refractivity contribution < 1.29 is 9.90 Å². The van der Waals surface area contributed by atoms with E-state index in [2.05, 4.69) is 22.6 Å². The summed E-state index contributed by atoms with van der Waals surface area (Å²) in [6, 6.07) is 0.208. The smallest absolute Gasteiger partial charge is 0.358 e. The zero-order valence-electron chi connectivity index (χ0n) is 8.55. The van der Waals surface area contributed by atoms with Gasteiger partial charge in [0.05, 0.1) is 12.2 Å². The average Bonchev–Trinajstić information content (AvgIpc) is 2.67. The Morgan fingerprint density at radius 3 is 3.13 bits per heavy atom. The minimum Gasteiger partial charge on any atom is -0.476 e. The van der Waals surface area contributed by atoms with Crippen molar-refractivity contribution in [3.63, 3.8) is 0 Å². The fraction of sp³-hybridized carbons (Fsp3) is 0.667. The predicted molar refractivity (Wildman–Crippen MR) is 52.7 cm³/mol. The molecular formula is C9H14N4O2. The second-order valence-electron chi connectivity index (χ2n) is 3.93. The molecule has 0 aliphatic carbocycles. The van der Waals surface area contributed by atoms with Crippen molar-refractivity contribution in [2.45, 2.75) is 19.4 Å². The summed E-state index contributed by atoms with van der Waals surface area (Å²) in [5, 5.41) is 19.5. The second kappa shape index (κ2) is 3.98. The molecule has 0 saturated carbocycles. The van der Waals surface area contributed by atoms with Gasteiger partial charge >= 0.3 is 5.97 Å². The Balaban J connectivity index is 2.17. The van der Waals surface area contributed by atoms with Gasteiger partial charge in [0.2, 0.25) is 0 Å². The number of hydrogen-bond donors (Lipinski definition) is 2. The maximum Gasteiger partial charge on any atom is 0.358 e. The minimum absolute atomic E-state index is 0.00720. The Morgan fingerprint density at radius 1 is 1.73 bits per heavy atom. The standard InChI is InChI=1S/C9H14N4O2/c1-6-2-3-10-4-8(6)13-5-7(9(14)15)11-12-13/h5-6,8,10H,2-4H2,1H3,(H,14,15)/t6-,8+/m1/s1. The van der Waals surface area contributed by atoms with Gasteiger partial charge in [0, 0.05) is 6.54 Å². The molecule has 1 saturated heterocycles. The highest BCUT2D eigenvalue weighted by Crippen LogP contribution is 2.22. The molecule has 0 bridgehead atoms. The van der Waals surface area contributed by atoms with Gasteiger partial charge < -0.3 is 10.4 Å². The topological polar surface area (TPSA) is 80.0 Å². The van der Waals surface area contributed by atoms with E-state index in [1.807, 2.05) is 0 Å². The maximum absolute atomic E-state index is 10.6. The average molecular weight is 210 g/mol. The number of nitrogens with one attached hydrogen (secondary N) is 1. The van der Waals surface area contributed by atoms with Gasteiger partial charge in [-0.05, 0) is 18.9 Å². The lowest BCUT2D eigenvalue weighted by molar-refractivity contribution is 0.0690. The van der Waals surface area contributed by atoms with E-state index in [0.717, 1.165) is 19.5 Å². The lowest BCUT2D eigenvalue weighted by Crippen LogP contribution is -2.37. The fourth-order valence-corrected chi connectivity index (χ4v) is 1.86. The van der Waals surface area contributed by atoms with E-state index in [1.54, 1.807) is 4.68 Å². The van der Waals surface area contributed by atoms with Gasteiger partial charge in [-0.25, -0.2) is 9.48 Å². The number of carboxylic acids is 1. The van der Waals surface area contributed by atoms with Crippen LogP contribution in [-0.2, 0) is 0 Å². The van der Waals surface area contributed by atoms with Gasteiger partial charge in [0.15, 0.2) is 5.69 Å². The largest absolute Gasteiger partial charge is 0.476 e. The summed E-state index contributed by atoms with van der Waals surface area (Å²) in [4.78, 5) is 10.6. The minimum atomic E-state index is -1.03. The highest BCUT2D eigenvalue weighted by atomic mass is 16.4. The molecule has 0 aromatic carbocycles. The highest BCUT2D eigenvalue weighted by molar-refractivity contribution is 5.84. The van der Waals surface area contributed by atoms with Crippen molar-refractivity contribution in [3.8, 4) is 0 Å². The summed E-state index contributed by atoms with van der Waals surface area (Å²) < 4.78 is 1.65. The third-order valence-corrected chi connectivity index (χ3v) is 2.86. The SMILES string of the molecule is C[C@@H]1CCNC[C@@H]1n1cc(C(=O)O)nn1. The van der Waals surface area contributed by atoms with Crippen LogP contribution in [0.5, 0.6) is 0 Å². The van der Waals surface area contributed by atoms with Crippen LogP contribution in [0.15, 0.2) is 6.20 Å².